The summed E-state index contributed by atoms with van der Waals surface area (Å²) in [6.45, 7) is 0.945. The maximum Gasteiger partial charge on any atom is 0.356 e. The van der Waals surface area contributed by atoms with E-state index in [2.05, 4.69) is 5.10 Å². The first kappa shape index (κ1) is 17.8. The molecule has 1 aromatic heterocycles. The third-order valence-corrected chi connectivity index (χ3v) is 6.05. The van der Waals surface area contributed by atoms with E-state index in [0.29, 0.717) is 31.0 Å². The molecule has 1 aromatic carbocycles. The van der Waals surface area contributed by atoms with E-state index in [1.54, 1.807) is 11.7 Å². The van der Waals surface area contributed by atoms with Gasteiger partial charge in [0.05, 0.1) is 5.92 Å². The number of hydrogen-bond donors (Lipinski definition) is 1. The van der Waals surface area contributed by atoms with Gasteiger partial charge in [0.1, 0.15) is 0 Å². The lowest BCUT2D eigenvalue weighted by Gasteiger charge is -2.33. The zero-order chi connectivity index (χ0) is 19.0. The summed E-state index contributed by atoms with van der Waals surface area (Å²) in [6.07, 6.45) is 5.16. The van der Waals surface area contributed by atoms with Crippen LogP contribution in [0.3, 0.4) is 0 Å². The Morgan fingerprint density at radius 1 is 1.19 bits per heavy atom. The molecule has 1 aliphatic heterocycles. The number of amides is 1. The normalized spacial score (nSPS) is 18.3. The standard InChI is InChI=1S/C21H25N3O3/c1-23-17-11-12-24(13-16(17)19(22-23)21(26)27)20(25)18(15-9-5-6-10-15)14-7-3-2-4-8-14/h2-4,7-8,15,18H,5-6,9-13H2,1H3,(H,26,27)/t18-/m1/s1. The third-order valence-electron chi connectivity index (χ3n) is 6.05. The lowest BCUT2D eigenvalue weighted by Crippen LogP contribution is -2.41. The quantitative estimate of drug-likeness (QED) is 0.901. The van der Waals surface area contributed by atoms with Crippen LogP contribution in [0.25, 0.3) is 0 Å². The summed E-state index contributed by atoms with van der Waals surface area (Å²) in [5.41, 5.74) is 2.75. The van der Waals surface area contributed by atoms with Gasteiger partial charge in [-0.2, -0.15) is 5.10 Å². The SMILES string of the molecule is Cn1nc(C(=O)O)c2c1CCN(C(=O)[C@H](c1ccccc1)C1CCCC1)C2. The molecule has 2 aromatic rings. The summed E-state index contributed by atoms with van der Waals surface area (Å²) in [5, 5.41) is 13.6. The Morgan fingerprint density at radius 3 is 2.56 bits per heavy atom. The minimum absolute atomic E-state index is 0.0714. The smallest absolute Gasteiger partial charge is 0.356 e. The molecule has 2 aliphatic rings. The van der Waals surface area contributed by atoms with Crippen LogP contribution in [-0.4, -0.2) is 38.2 Å². The zero-order valence-corrected chi connectivity index (χ0v) is 15.6. The molecule has 1 atom stereocenters. The molecule has 27 heavy (non-hydrogen) atoms. The molecule has 1 fully saturated rings. The number of hydrogen-bond acceptors (Lipinski definition) is 3. The second-order valence-corrected chi connectivity index (χ2v) is 7.65. The highest BCUT2D eigenvalue weighted by Gasteiger charge is 2.37. The fraction of sp³-hybridized carbons (Fsp3) is 0.476. The lowest BCUT2D eigenvalue weighted by molar-refractivity contribution is -0.135. The number of nitrogens with zero attached hydrogens (tertiary/aromatic N) is 3. The van der Waals surface area contributed by atoms with E-state index >= 15 is 0 Å². The van der Waals surface area contributed by atoms with Crippen LogP contribution in [0, 0.1) is 5.92 Å². The number of fused-ring (bicyclic) bond motifs is 1. The molecule has 0 saturated heterocycles. The van der Waals surface area contributed by atoms with E-state index in [9.17, 15) is 14.7 Å². The summed E-state index contributed by atoms with van der Waals surface area (Å²) in [7, 11) is 1.77. The molecule has 2 heterocycles. The Morgan fingerprint density at radius 2 is 1.89 bits per heavy atom. The van der Waals surface area contributed by atoms with Gasteiger partial charge < -0.3 is 10.0 Å². The Labute approximate surface area is 158 Å². The fourth-order valence-corrected chi connectivity index (χ4v) is 4.72. The molecule has 4 rings (SSSR count). The highest BCUT2D eigenvalue weighted by molar-refractivity contribution is 5.88. The summed E-state index contributed by atoms with van der Waals surface area (Å²) < 4.78 is 1.65. The minimum Gasteiger partial charge on any atom is -0.476 e. The minimum atomic E-state index is -1.03. The summed E-state index contributed by atoms with van der Waals surface area (Å²) in [4.78, 5) is 26.9. The molecule has 6 nitrogen and oxygen atoms in total. The van der Waals surface area contributed by atoms with Crippen LogP contribution in [0.4, 0.5) is 0 Å². The van der Waals surface area contributed by atoms with Crippen molar-refractivity contribution in [3.05, 3.63) is 52.8 Å². The van der Waals surface area contributed by atoms with Crippen LogP contribution in [-0.2, 0) is 24.8 Å². The molecule has 0 unspecified atom stereocenters. The number of aryl methyl sites for hydroxylation is 1. The van der Waals surface area contributed by atoms with Crippen molar-refractivity contribution in [3.8, 4) is 0 Å². The van der Waals surface area contributed by atoms with E-state index in [1.807, 2.05) is 35.2 Å². The number of aromatic nitrogens is 2. The second-order valence-electron chi connectivity index (χ2n) is 7.65. The van der Waals surface area contributed by atoms with Gasteiger partial charge in [-0.1, -0.05) is 43.2 Å². The second kappa shape index (κ2) is 7.18. The van der Waals surface area contributed by atoms with Crippen molar-refractivity contribution in [2.75, 3.05) is 6.54 Å². The number of aromatic carboxylic acids is 1. The van der Waals surface area contributed by atoms with Gasteiger partial charge in [0, 0.05) is 37.8 Å². The molecule has 1 aliphatic carbocycles. The van der Waals surface area contributed by atoms with Gasteiger partial charge >= 0.3 is 5.97 Å². The summed E-state index contributed by atoms with van der Waals surface area (Å²) in [5.74, 6) is -0.676. The number of carboxylic acids is 1. The highest BCUT2D eigenvalue weighted by atomic mass is 16.4. The first-order valence-corrected chi connectivity index (χ1v) is 9.68. The molecular weight excluding hydrogens is 342 g/mol. The number of benzene rings is 1. The first-order valence-electron chi connectivity index (χ1n) is 9.68. The first-order chi connectivity index (χ1) is 13.1. The Hall–Kier alpha value is -2.63. The van der Waals surface area contributed by atoms with Crippen molar-refractivity contribution in [3.63, 3.8) is 0 Å². The number of rotatable bonds is 4. The van der Waals surface area contributed by atoms with E-state index in [4.69, 9.17) is 0 Å². The Kier molecular flexibility index (Phi) is 4.72. The van der Waals surface area contributed by atoms with Crippen molar-refractivity contribution < 1.29 is 14.7 Å². The molecule has 0 spiro atoms. The fourth-order valence-electron chi connectivity index (χ4n) is 4.72. The van der Waals surface area contributed by atoms with Crippen molar-refractivity contribution in [2.45, 2.75) is 44.6 Å². The highest BCUT2D eigenvalue weighted by Crippen LogP contribution is 2.39. The number of carboxylic acid groups (broad SMARTS) is 1. The van der Waals surface area contributed by atoms with Gasteiger partial charge in [0.25, 0.3) is 0 Å². The van der Waals surface area contributed by atoms with E-state index in [0.717, 1.165) is 24.1 Å². The predicted octanol–water partition coefficient (Wildman–Crippen LogP) is 2.98. The van der Waals surface area contributed by atoms with Crippen molar-refractivity contribution in [2.24, 2.45) is 13.0 Å². The van der Waals surface area contributed by atoms with Crippen molar-refractivity contribution in [1.82, 2.24) is 14.7 Å². The molecule has 6 heteroatoms. The van der Waals surface area contributed by atoms with Crippen LogP contribution in [0.1, 0.15) is 58.9 Å². The Balaban J connectivity index is 1.64. The van der Waals surface area contributed by atoms with Gasteiger partial charge in [0.15, 0.2) is 5.69 Å². The third kappa shape index (κ3) is 3.24. The van der Waals surface area contributed by atoms with Crippen LogP contribution in [0.15, 0.2) is 30.3 Å². The van der Waals surface area contributed by atoms with Gasteiger partial charge in [-0.05, 0) is 24.3 Å². The van der Waals surface area contributed by atoms with Crippen molar-refractivity contribution in [1.29, 1.82) is 0 Å². The molecule has 0 radical (unpaired) electrons. The lowest BCUT2D eigenvalue weighted by atomic mass is 9.83. The monoisotopic (exact) mass is 367 g/mol. The van der Waals surface area contributed by atoms with Gasteiger partial charge in [-0.25, -0.2) is 4.79 Å². The van der Waals surface area contributed by atoms with Crippen LogP contribution >= 0.6 is 0 Å². The summed E-state index contributed by atoms with van der Waals surface area (Å²) in [6, 6.07) is 10.0. The zero-order valence-electron chi connectivity index (χ0n) is 15.6. The van der Waals surface area contributed by atoms with Crippen LogP contribution in [0.5, 0.6) is 0 Å². The molecule has 1 saturated carbocycles. The maximum atomic E-state index is 13.5. The Bertz CT molecular complexity index is 853. The molecule has 1 N–H and O–H groups in total. The average Bonchev–Trinajstić information content (AvgIpc) is 3.31. The maximum absolute atomic E-state index is 13.5. The molecule has 142 valence electrons. The molecule has 1 amide bonds. The molecule has 0 bridgehead atoms. The summed E-state index contributed by atoms with van der Waals surface area (Å²) >= 11 is 0. The van der Waals surface area contributed by atoms with Gasteiger partial charge in [-0.15, -0.1) is 0 Å². The van der Waals surface area contributed by atoms with E-state index in [1.165, 1.54) is 12.8 Å². The molecular formula is C21H25N3O3. The van der Waals surface area contributed by atoms with Crippen molar-refractivity contribution >= 4 is 11.9 Å². The number of carbonyl (C=O) groups excluding carboxylic acids is 1. The van der Waals surface area contributed by atoms with Crippen LogP contribution < -0.4 is 0 Å². The van der Waals surface area contributed by atoms with E-state index < -0.39 is 5.97 Å². The van der Waals surface area contributed by atoms with Gasteiger partial charge in [0.2, 0.25) is 5.91 Å². The predicted molar refractivity (Wildman–Crippen MR) is 100 cm³/mol. The van der Waals surface area contributed by atoms with Crippen LogP contribution in [0.2, 0.25) is 0 Å². The van der Waals surface area contributed by atoms with E-state index in [-0.39, 0.29) is 17.5 Å². The largest absolute Gasteiger partial charge is 0.476 e. The topological polar surface area (TPSA) is 75.4 Å². The van der Waals surface area contributed by atoms with Gasteiger partial charge in [-0.3, -0.25) is 9.48 Å². The average molecular weight is 367 g/mol. The number of carbonyl (C=O) groups is 2.